The van der Waals surface area contributed by atoms with Crippen molar-refractivity contribution in [3.05, 3.63) is 69.5 Å². The number of methoxy groups -OCH3 is 1. The van der Waals surface area contributed by atoms with Crippen LogP contribution in [0.5, 0.6) is 5.75 Å². The molecule has 0 bridgehead atoms. The lowest BCUT2D eigenvalue weighted by Crippen LogP contribution is -2.23. The van der Waals surface area contributed by atoms with Gasteiger partial charge in [0.1, 0.15) is 16.3 Å². The largest absolute Gasteiger partial charge is 0.497 e. The van der Waals surface area contributed by atoms with E-state index in [0.717, 1.165) is 40.9 Å². The van der Waals surface area contributed by atoms with Gasteiger partial charge in [-0.2, -0.15) is 0 Å². The van der Waals surface area contributed by atoms with Crippen LogP contribution in [-0.4, -0.2) is 23.5 Å². The summed E-state index contributed by atoms with van der Waals surface area (Å²) < 4.78 is 11.9. The van der Waals surface area contributed by atoms with Gasteiger partial charge < -0.3 is 9.15 Å². The first-order valence-corrected chi connectivity index (χ1v) is 10.2. The van der Waals surface area contributed by atoms with Gasteiger partial charge in [0.05, 0.1) is 23.4 Å². The van der Waals surface area contributed by atoms with Crippen molar-refractivity contribution in [3.8, 4) is 5.75 Å². The molecular weight excluding hydrogens is 372 g/mol. The van der Waals surface area contributed by atoms with Crippen molar-refractivity contribution < 1.29 is 9.15 Å². The number of hydrogen-bond acceptors (Lipinski definition) is 6. The Kier molecular flexibility index (Phi) is 4.37. The monoisotopic (exact) mass is 392 g/mol. The van der Waals surface area contributed by atoms with Crippen molar-refractivity contribution in [1.29, 1.82) is 0 Å². The molecule has 5 rings (SSSR count). The van der Waals surface area contributed by atoms with Gasteiger partial charge in [0.15, 0.2) is 0 Å². The van der Waals surface area contributed by atoms with Gasteiger partial charge in [-0.05, 0) is 49.2 Å². The lowest BCUT2D eigenvalue weighted by Gasteiger charge is -2.23. The Bertz CT molecular complexity index is 1180. The van der Waals surface area contributed by atoms with Crippen molar-refractivity contribution in [2.75, 3.05) is 13.7 Å². The van der Waals surface area contributed by atoms with Gasteiger partial charge >= 0.3 is 5.63 Å². The molecule has 2 aromatic heterocycles. The molecule has 0 spiro atoms. The van der Waals surface area contributed by atoms with E-state index < -0.39 is 0 Å². The second kappa shape index (κ2) is 7.04. The van der Waals surface area contributed by atoms with E-state index >= 15 is 0 Å². The number of fused-ring (bicyclic) bond motifs is 2. The number of rotatable bonds is 4. The molecule has 0 N–H and O–H groups in total. The van der Waals surface area contributed by atoms with Crippen LogP contribution in [-0.2, 0) is 6.54 Å². The van der Waals surface area contributed by atoms with Crippen LogP contribution >= 0.6 is 11.3 Å². The van der Waals surface area contributed by atoms with E-state index in [1.54, 1.807) is 30.6 Å². The van der Waals surface area contributed by atoms with E-state index in [4.69, 9.17) is 14.1 Å². The van der Waals surface area contributed by atoms with Crippen LogP contribution in [0.1, 0.15) is 29.5 Å². The number of likely N-dealkylation sites (tertiary alicyclic amines) is 1. The molecule has 0 unspecified atom stereocenters. The van der Waals surface area contributed by atoms with E-state index in [1.165, 1.54) is 4.70 Å². The van der Waals surface area contributed by atoms with Gasteiger partial charge in [-0.3, -0.25) is 4.90 Å². The Morgan fingerprint density at radius 2 is 2.14 bits per heavy atom. The number of benzene rings is 2. The maximum absolute atomic E-state index is 12.1. The summed E-state index contributed by atoms with van der Waals surface area (Å²) in [6.07, 6.45) is 2.22. The average Bonchev–Trinajstić information content (AvgIpc) is 3.33. The maximum atomic E-state index is 12.1. The third-order valence-electron chi connectivity index (χ3n) is 5.37. The van der Waals surface area contributed by atoms with Crippen LogP contribution < -0.4 is 10.4 Å². The predicted molar refractivity (Wildman–Crippen MR) is 111 cm³/mol. The van der Waals surface area contributed by atoms with Gasteiger partial charge in [-0.25, -0.2) is 9.78 Å². The van der Waals surface area contributed by atoms with Crippen molar-refractivity contribution in [3.63, 3.8) is 0 Å². The Morgan fingerprint density at radius 3 is 3.00 bits per heavy atom. The van der Waals surface area contributed by atoms with Gasteiger partial charge in [0.25, 0.3) is 0 Å². The topological polar surface area (TPSA) is 55.6 Å². The zero-order valence-corrected chi connectivity index (χ0v) is 16.4. The molecular formula is C22H20N2O3S. The first kappa shape index (κ1) is 17.4. The highest BCUT2D eigenvalue weighted by Gasteiger charge is 2.29. The molecule has 0 saturated carbocycles. The normalized spacial score (nSPS) is 17.5. The van der Waals surface area contributed by atoms with E-state index in [1.807, 2.05) is 18.2 Å². The summed E-state index contributed by atoms with van der Waals surface area (Å²) >= 11 is 1.77. The third kappa shape index (κ3) is 3.08. The Balaban J connectivity index is 1.50. The van der Waals surface area contributed by atoms with Gasteiger partial charge in [-0.15, -0.1) is 11.3 Å². The van der Waals surface area contributed by atoms with Crippen LogP contribution in [0.15, 0.2) is 57.7 Å². The smallest absolute Gasteiger partial charge is 0.336 e. The molecule has 0 amide bonds. The second-order valence-electron chi connectivity index (χ2n) is 7.10. The van der Waals surface area contributed by atoms with Crippen LogP contribution in [0.4, 0.5) is 0 Å². The standard InChI is InChI=1S/C22H20N2O3S/c1-26-15-8-9-16-14(11-21(25)27-19(16)12-15)13-24-10-4-6-18(24)22-23-17-5-2-3-7-20(17)28-22/h2-3,5,7-9,11-12,18H,4,6,10,13H2,1H3/t18-/m1/s1. The van der Waals surface area contributed by atoms with Crippen LogP contribution in [0.3, 0.4) is 0 Å². The quantitative estimate of drug-likeness (QED) is 0.469. The first-order chi connectivity index (χ1) is 13.7. The number of aromatic nitrogens is 1. The average molecular weight is 392 g/mol. The highest BCUT2D eigenvalue weighted by atomic mass is 32.1. The number of thiazole rings is 1. The molecule has 1 atom stereocenters. The highest BCUT2D eigenvalue weighted by molar-refractivity contribution is 7.18. The SMILES string of the molecule is COc1ccc2c(CN3CCC[C@@H]3c3nc4ccccc4s3)cc(=O)oc2c1. The Morgan fingerprint density at radius 1 is 1.25 bits per heavy atom. The zero-order chi connectivity index (χ0) is 19.1. The molecule has 1 aliphatic rings. The van der Waals surface area contributed by atoms with E-state index in [2.05, 4.69) is 23.1 Å². The van der Waals surface area contributed by atoms with Gasteiger partial charge in [-0.1, -0.05) is 12.1 Å². The fourth-order valence-electron chi connectivity index (χ4n) is 4.01. The number of ether oxygens (including phenoxy) is 1. The van der Waals surface area contributed by atoms with E-state index in [0.29, 0.717) is 17.9 Å². The Hall–Kier alpha value is -2.70. The number of para-hydroxylation sites is 1. The molecule has 5 nitrogen and oxygen atoms in total. The molecule has 3 heterocycles. The lowest BCUT2D eigenvalue weighted by atomic mass is 10.1. The summed E-state index contributed by atoms with van der Waals surface area (Å²) in [5, 5.41) is 2.11. The van der Waals surface area contributed by atoms with Crippen LogP contribution in [0.25, 0.3) is 21.2 Å². The summed E-state index contributed by atoms with van der Waals surface area (Å²) in [4.78, 5) is 19.4. The molecule has 1 saturated heterocycles. The van der Waals surface area contributed by atoms with Gasteiger partial charge in [0, 0.05) is 24.1 Å². The van der Waals surface area contributed by atoms with Crippen LogP contribution in [0.2, 0.25) is 0 Å². The number of nitrogens with zero attached hydrogens (tertiary/aromatic N) is 2. The summed E-state index contributed by atoms with van der Waals surface area (Å²) in [6.45, 7) is 1.70. The first-order valence-electron chi connectivity index (χ1n) is 9.41. The fraction of sp³-hybridized carbons (Fsp3) is 0.273. The van der Waals surface area contributed by atoms with Crippen molar-refractivity contribution in [1.82, 2.24) is 9.88 Å². The van der Waals surface area contributed by atoms with Crippen molar-refractivity contribution >= 4 is 32.5 Å². The molecule has 1 aliphatic heterocycles. The molecule has 0 aliphatic carbocycles. The molecule has 4 aromatic rings. The lowest BCUT2D eigenvalue weighted by molar-refractivity contribution is 0.248. The van der Waals surface area contributed by atoms with Crippen molar-refractivity contribution in [2.45, 2.75) is 25.4 Å². The molecule has 6 heteroatoms. The Labute approximate surface area is 166 Å². The summed E-state index contributed by atoms with van der Waals surface area (Å²) in [7, 11) is 1.61. The summed E-state index contributed by atoms with van der Waals surface area (Å²) in [5.74, 6) is 0.682. The minimum absolute atomic E-state index is 0.290. The van der Waals surface area contributed by atoms with E-state index in [-0.39, 0.29) is 11.7 Å². The summed E-state index contributed by atoms with van der Waals surface area (Å²) in [5.41, 5.74) is 2.29. The second-order valence-corrected chi connectivity index (χ2v) is 8.16. The predicted octanol–water partition coefficient (Wildman–Crippen LogP) is 4.75. The third-order valence-corrected chi connectivity index (χ3v) is 6.51. The molecule has 142 valence electrons. The minimum Gasteiger partial charge on any atom is -0.497 e. The number of hydrogen-bond donors (Lipinski definition) is 0. The maximum Gasteiger partial charge on any atom is 0.336 e. The van der Waals surface area contributed by atoms with Crippen LogP contribution in [0, 0.1) is 0 Å². The zero-order valence-electron chi connectivity index (χ0n) is 15.6. The summed E-state index contributed by atoms with van der Waals surface area (Å²) in [6, 6.07) is 15.8. The van der Waals surface area contributed by atoms with Gasteiger partial charge in [0.2, 0.25) is 0 Å². The van der Waals surface area contributed by atoms with Crippen molar-refractivity contribution in [2.24, 2.45) is 0 Å². The minimum atomic E-state index is -0.327. The van der Waals surface area contributed by atoms with E-state index in [9.17, 15) is 4.79 Å². The molecule has 1 fully saturated rings. The fourth-order valence-corrected chi connectivity index (χ4v) is 5.15. The molecule has 0 radical (unpaired) electrons. The highest BCUT2D eigenvalue weighted by Crippen LogP contribution is 2.37. The molecule has 2 aromatic carbocycles. The molecule has 28 heavy (non-hydrogen) atoms.